The van der Waals surface area contributed by atoms with E-state index in [1.165, 1.54) is 11.9 Å². The molecule has 2 amide bonds. The summed E-state index contributed by atoms with van der Waals surface area (Å²) in [6, 6.07) is 14.8. The van der Waals surface area contributed by atoms with Crippen molar-refractivity contribution in [1.29, 1.82) is 0 Å². The molecule has 1 heterocycles. The van der Waals surface area contributed by atoms with Gasteiger partial charge < -0.3 is 15.0 Å². The Hall–Kier alpha value is -3.61. The lowest BCUT2D eigenvalue weighted by Crippen LogP contribution is -2.29. The fourth-order valence-electron chi connectivity index (χ4n) is 2.76. The highest BCUT2D eigenvalue weighted by Crippen LogP contribution is 2.27. The summed E-state index contributed by atoms with van der Waals surface area (Å²) in [5.41, 5.74) is 2.75. The smallest absolute Gasteiger partial charge is 0.282 e. The SMILES string of the molecule is COc1cccc(N2N=C(NC(C)=O)/C(=C\c3ccc(N(C)C)cc3)C2=O)c1. The second kappa shape index (κ2) is 7.96. The molecule has 1 N–H and O–H groups in total. The monoisotopic (exact) mass is 378 g/mol. The van der Waals surface area contributed by atoms with E-state index in [0.717, 1.165) is 11.3 Å². The van der Waals surface area contributed by atoms with Gasteiger partial charge >= 0.3 is 0 Å². The van der Waals surface area contributed by atoms with Crippen LogP contribution in [0.1, 0.15) is 12.5 Å². The average Bonchev–Trinajstić information content (AvgIpc) is 2.97. The maximum atomic E-state index is 13.0. The second-order valence-electron chi connectivity index (χ2n) is 6.49. The number of hydrogen-bond donors (Lipinski definition) is 1. The first-order valence-corrected chi connectivity index (χ1v) is 8.73. The van der Waals surface area contributed by atoms with Gasteiger partial charge in [-0.3, -0.25) is 9.59 Å². The molecular formula is C21H22N4O3. The first kappa shape index (κ1) is 19.2. The van der Waals surface area contributed by atoms with Crippen LogP contribution in [0.25, 0.3) is 6.08 Å². The van der Waals surface area contributed by atoms with Crippen molar-refractivity contribution in [3.63, 3.8) is 0 Å². The zero-order valence-corrected chi connectivity index (χ0v) is 16.3. The lowest BCUT2D eigenvalue weighted by Gasteiger charge is -2.13. The fourth-order valence-corrected chi connectivity index (χ4v) is 2.76. The molecule has 0 aliphatic carbocycles. The molecule has 0 saturated carbocycles. The van der Waals surface area contributed by atoms with Gasteiger partial charge in [0.1, 0.15) is 5.75 Å². The van der Waals surface area contributed by atoms with Crippen molar-refractivity contribution in [3.8, 4) is 5.75 Å². The van der Waals surface area contributed by atoms with Crippen molar-refractivity contribution in [2.75, 3.05) is 31.1 Å². The van der Waals surface area contributed by atoms with E-state index in [1.54, 1.807) is 37.5 Å². The Morgan fingerprint density at radius 3 is 2.50 bits per heavy atom. The maximum Gasteiger partial charge on any atom is 0.282 e. The second-order valence-corrected chi connectivity index (χ2v) is 6.49. The van der Waals surface area contributed by atoms with Crippen LogP contribution in [0.15, 0.2) is 59.2 Å². The van der Waals surface area contributed by atoms with Gasteiger partial charge in [-0.1, -0.05) is 18.2 Å². The predicted octanol–water partition coefficient (Wildman–Crippen LogP) is 2.64. The van der Waals surface area contributed by atoms with Gasteiger partial charge in [-0.25, -0.2) is 0 Å². The molecule has 0 radical (unpaired) electrons. The molecule has 0 fully saturated rings. The number of carbonyl (C=O) groups excluding carboxylic acids is 2. The number of ether oxygens (including phenoxy) is 1. The Morgan fingerprint density at radius 2 is 1.89 bits per heavy atom. The van der Waals surface area contributed by atoms with Gasteiger partial charge in [0, 0.05) is 32.8 Å². The van der Waals surface area contributed by atoms with E-state index in [1.807, 2.05) is 43.3 Å². The first-order valence-electron chi connectivity index (χ1n) is 8.73. The van der Waals surface area contributed by atoms with Crippen LogP contribution < -0.4 is 20.0 Å². The van der Waals surface area contributed by atoms with Crippen molar-refractivity contribution in [2.24, 2.45) is 5.10 Å². The number of methoxy groups -OCH3 is 1. The molecule has 1 aliphatic rings. The highest BCUT2D eigenvalue weighted by molar-refractivity contribution is 6.34. The number of nitrogens with zero attached hydrogens (tertiary/aromatic N) is 3. The van der Waals surface area contributed by atoms with Crippen LogP contribution in [0, 0.1) is 0 Å². The van der Waals surface area contributed by atoms with E-state index >= 15 is 0 Å². The first-order chi connectivity index (χ1) is 13.4. The summed E-state index contributed by atoms with van der Waals surface area (Å²) in [6.45, 7) is 1.38. The molecule has 2 aromatic carbocycles. The van der Waals surface area contributed by atoms with Crippen LogP contribution >= 0.6 is 0 Å². The normalized spacial score (nSPS) is 14.9. The van der Waals surface area contributed by atoms with Crippen molar-refractivity contribution in [2.45, 2.75) is 6.92 Å². The van der Waals surface area contributed by atoms with E-state index in [-0.39, 0.29) is 17.6 Å². The van der Waals surface area contributed by atoms with Crippen molar-refractivity contribution in [3.05, 3.63) is 59.7 Å². The van der Waals surface area contributed by atoms with Gasteiger partial charge in [-0.2, -0.15) is 5.01 Å². The van der Waals surface area contributed by atoms with Crippen LogP contribution in [0.3, 0.4) is 0 Å². The number of benzene rings is 2. The van der Waals surface area contributed by atoms with Crippen LogP contribution in [0.5, 0.6) is 5.75 Å². The van der Waals surface area contributed by atoms with Gasteiger partial charge in [0.05, 0.1) is 18.4 Å². The average molecular weight is 378 g/mol. The summed E-state index contributed by atoms with van der Waals surface area (Å²) in [5, 5.41) is 8.21. The van der Waals surface area contributed by atoms with Gasteiger partial charge in [-0.15, -0.1) is 5.10 Å². The minimum Gasteiger partial charge on any atom is -0.497 e. The van der Waals surface area contributed by atoms with E-state index in [9.17, 15) is 9.59 Å². The number of anilines is 2. The third kappa shape index (κ3) is 4.03. The number of amidine groups is 1. The molecule has 7 nitrogen and oxygen atoms in total. The fraction of sp³-hybridized carbons (Fsp3) is 0.190. The summed E-state index contributed by atoms with van der Waals surface area (Å²) >= 11 is 0. The Kier molecular flexibility index (Phi) is 5.44. The largest absolute Gasteiger partial charge is 0.497 e. The number of amides is 2. The number of rotatable bonds is 4. The molecule has 0 aromatic heterocycles. The summed E-state index contributed by atoms with van der Waals surface area (Å²) in [4.78, 5) is 26.6. The quantitative estimate of drug-likeness (QED) is 0.830. The van der Waals surface area contributed by atoms with Gasteiger partial charge in [0.2, 0.25) is 5.91 Å². The lowest BCUT2D eigenvalue weighted by atomic mass is 10.1. The van der Waals surface area contributed by atoms with E-state index < -0.39 is 0 Å². The van der Waals surface area contributed by atoms with Crippen LogP contribution in [-0.2, 0) is 9.59 Å². The molecular weight excluding hydrogens is 356 g/mol. The summed E-state index contributed by atoms with van der Waals surface area (Å²) in [7, 11) is 5.47. The number of hydrogen-bond acceptors (Lipinski definition) is 5. The van der Waals surface area contributed by atoms with Crippen LogP contribution in [0.2, 0.25) is 0 Å². The Labute approximate surface area is 163 Å². The molecule has 0 spiro atoms. The molecule has 144 valence electrons. The highest BCUT2D eigenvalue weighted by Gasteiger charge is 2.32. The van der Waals surface area contributed by atoms with Gasteiger partial charge in [0.25, 0.3) is 5.91 Å². The zero-order valence-electron chi connectivity index (χ0n) is 16.3. The van der Waals surface area contributed by atoms with Crippen LogP contribution in [0.4, 0.5) is 11.4 Å². The molecule has 28 heavy (non-hydrogen) atoms. The standard InChI is InChI=1S/C21H22N4O3/c1-14(26)22-20-19(12-15-8-10-16(11-9-15)24(2)3)21(27)25(23-20)17-6-5-7-18(13-17)28-4/h5-13H,1-4H3,(H,22,23,26)/b19-12+. The molecule has 0 unspecified atom stereocenters. The summed E-state index contributed by atoms with van der Waals surface area (Å²) in [5.74, 6) is 0.205. The number of carbonyl (C=O) groups is 2. The third-order valence-electron chi connectivity index (χ3n) is 4.19. The molecule has 0 saturated heterocycles. The Bertz CT molecular complexity index is 962. The van der Waals surface area contributed by atoms with Crippen molar-refractivity contribution < 1.29 is 14.3 Å². The van der Waals surface area contributed by atoms with Gasteiger partial charge in [-0.05, 0) is 35.9 Å². The molecule has 0 bridgehead atoms. The minimum absolute atomic E-state index is 0.219. The molecule has 2 aromatic rings. The number of hydrazone groups is 1. The lowest BCUT2D eigenvalue weighted by molar-refractivity contribution is -0.117. The van der Waals surface area contributed by atoms with Crippen molar-refractivity contribution in [1.82, 2.24) is 5.32 Å². The topological polar surface area (TPSA) is 74.2 Å². The molecule has 1 aliphatic heterocycles. The third-order valence-corrected chi connectivity index (χ3v) is 4.19. The summed E-state index contributed by atoms with van der Waals surface area (Å²) < 4.78 is 5.22. The van der Waals surface area contributed by atoms with Gasteiger partial charge in [0.15, 0.2) is 5.84 Å². The molecule has 7 heteroatoms. The summed E-state index contributed by atoms with van der Waals surface area (Å²) in [6.07, 6.45) is 1.72. The van der Waals surface area contributed by atoms with Crippen molar-refractivity contribution >= 4 is 35.1 Å². The van der Waals surface area contributed by atoms with E-state index in [4.69, 9.17) is 4.74 Å². The zero-order chi connectivity index (χ0) is 20.3. The maximum absolute atomic E-state index is 13.0. The number of nitrogens with one attached hydrogen (secondary N) is 1. The highest BCUT2D eigenvalue weighted by atomic mass is 16.5. The molecule has 0 atom stereocenters. The Balaban J connectivity index is 1.98. The van der Waals surface area contributed by atoms with E-state index in [2.05, 4.69) is 10.4 Å². The predicted molar refractivity (Wildman–Crippen MR) is 110 cm³/mol. The minimum atomic E-state index is -0.325. The Morgan fingerprint density at radius 1 is 1.18 bits per heavy atom. The van der Waals surface area contributed by atoms with E-state index in [0.29, 0.717) is 17.0 Å². The molecule has 3 rings (SSSR count). The van der Waals surface area contributed by atoms with Crippen LogP contribution in [-0.4, -0.2) is 38.9 Å².